The summed E-state index contributed by atoms with van der Waals surface area (Å²) in [7, 11) is 3.97. The number of aryl methyl sites for hydroxylation is 1. The number of carbonyl (C=O) groups is 2. The molecule has 0 spiro atoms. The molecular weight excluding hydrogens is 334 g/mol. The molecule has 5 nitrogen and oxygen atoms in total. The second-order valence-corrected chi connectivity index (χ2v) is 7.26. The van der Waals surface area contributed by atoms with Crippen molar-refractivity contribution in [2.75, 3.05) is 20.6 Å². The van der Waals surface area contributed by atoms with Crippen LogP contribution in [0.3, 0.4) is 0 Å². The Bertz CT molecular complexity index is 696. The van der Waals surface area contributed by atoms with Crippen molar-refractivity contribution in [3.05, 3.63) is 57.8 Å². The van der Waals surface area contributed by atoms with Crippen LogP contribution < -0.4 is 10.6 Å². The largest absolute Gasteiger partial charge is 0.352 e. The quantitative estimate of drug-likeness (QED) is 0.799. The van der Waals surface area contributed by atoms with Gasteiger partial charge in [-0.05, 0) is 45.0 Å². The number of nitrogens with one attached hydrogen (secondary N) is 2. The lowest BCUT2D eigenvalue weighted by Crippen LogP contribution is -2.46. The normalized spacial score (nSPS) is 13.3. The summed E-state index contributed by atoms with van der Waals surface area (Å²) >= 11 is 1.35. The Morgan fingerprint density at radius 2 is 1.84 bits per heavy atom. The van der Waals surface area contributed by atoms with E-state index >= 15 is 0 Å². The van der Waals surface area contributed by atoms with Gasteiger partial charge in [-0.25, -0.2) is 0 Å². The first-order valence-electron chi connectivity index (χ1n) is 8.23. The number of carbonyl (C=O) groups excluding carboxylic acids is 2. The predicted octanol–water partition coefficient (Wildman–Crippen LogP) is 2.59. The molecule has 2 rings (SSSR count). The van der Waals surface area contributed by atoms with Crippen LogP contribution in [0.1, 0.15) is 33.8 Å². The van der Waals surface area contributed by atoms with Crippen LogP contribution >= 0.6 is 11.3 Å². The molecule has 2 aromatic rings. The van der Waals surface area contributed by atoms with Gasteiger partial charge in [-0.15, -0.1) is 11.3 Å². The van der Waals surface area contributed by atoms with Gasteiger partial charge in [0.15, 0.2) is 0 Å². The molecule has 0 aliphatic heterocycles. The van der Waals surface area contributed by atoms with E-state index in [0.717, 1.165) is 5.56 Å². The predicted molar refractivity (Wildman–Crippen MR) is 102 cm³/mol. The van der Waals surface area contributed by atoms with E-state index in [9.17, 15) is 9.59 Å². The molecule has 0 aliphatic carbocycles. The van der Waals surface area contributed by atoms with E-state index < -0.39 is 6.04 Å². The maximum absolute atomic E-state index is 12.3. The summed E-state index contributed by atoms with van der Waals surface area (Å²) < 4.78 is 0. The van der Waals surface area contributed by atoms with Crippen LogP contribution in [0.25, 0.3) is 0 Å². The lowest BCUT2D eigenvalue weighted by molar-refractivity contribution is -0.122. The van der Waals surface area contributed by atoms with Crippen LogP contribution in [0.5, 0.6) is 0 Å². The van der Waals surface area contributed by atoms with Gasteiger partial charge >= 0.3 is 0 Å². The Hall–Kier alpha value is -2.18. The minimum Gasteiger partial charge on any atom is -0.352 e. The van der Waals surface area contributed by atoms with E-state index in [2.05, 4.69) is 39.8 Å². The molecule has 2 unspecified atom stereocenters. The van der Waals surface area contributed by atoms with Gasteiger partial charge in [0, 0.05) is 6.54 Å². The van der Waals surface area contributed by atoms with Gasteiger partial charge in [-0.1, -0.05) is 35.9 Å². The van der Waals surface area contributed by atoms with Crippen molar-refractivity contribution in [2.45, 2.75) is 25.9 Å². The van der Waals surface area contributed by atoms with Gasteiger partial charge in [-0.3, -0.25) is 9.59 Å². The minimum atomic E-state index is -0.588. The molecule has 2 N–H and O–H groups in total. The summed E-state index contributed by atoms with van der Waals surface area (Å²) in [5.74, 6) is -0.413. The molecule has 1 aromatic heterocycles. The van der Waals surface area contributed by atoms with E-state index in [1.807, 2.05) is 32.5 Å². The van der Waals surface area contributed by atoms with E-state index in [1.165, 1.54) is 16.9 Å². The maximum Gasteiger partial charge on any atom is 0.261 e. The highest BCUT2D eigenvalue weighted by Gasteiger charge is 2.20. The molecule has 6 heteroatoms. The standard InChI is InChI=1S/C19H25N3O2S/c1-13-7-9-15(10-8-13)16(22(3)4)12-20-18(23)14(2)21-19(24)17-6-5-11-25-17/h5-11,14,16H,12H2,1-4H3,(H,20,23)(H,21,24). The highest BCUT2D eigenvalue weighted by Crippen LogP contribution is 2.18. The molecule has 0 radical (unpaired) electrons. The summed E-state index contributed by atoms with van der Waals surface area (Å²) in [5.41, 5.74) is 2.35. The van der Waals surface area contributed by atoms with Gasteiger partial charge in [0.2, 0.25) is 5.91 Å². The summed E-state index contributed by atoms with van der Waals surface area (Å²) in [6.45, 7) is 4.22. The van der Waals surface area contributed by atoms with E-state index in [1.54, 1.807) is 13.0 Å². The van der Waals surface area contributed by atoms with Crippen molar-refractivity contribution in [3.63, 3.8) is 0 Å². The number of rotatable bonds is 7. The molecular formula is C19H25N3O2S. The zero-order valence-electron chi connectivity index (χ0n) is 15.1. The Kier molecular flexibility index (Phi) is 6.73. The molecule has 2 amide bonds. The molecule has 0 fully saturated rings. The first-order chi connectivity index (χ1) is 11.9. The second kappa shape index (κ2) is 8.78. The molecule has 1 heterocycles. The van der Waals surface area contributed by atoms with Crippen molar-refractivity contribution in [1.29, 1.82) is 0 Å². The SMILES string of the molecule is Cc1ccc(C(CNC(=O)C(C)NC(=O)c2cccs2)N(C)C)cc1. The van der Waals surface area contributed by atoms with Crippen molar-refractivity contribution >= 4 is 23.2 Å². The highest BCUT2D eigenvalue weighted by atomic mass is 32.1. The lowest BCUT2D eigenvalue weighted by atomic mass is 10.0. The number of thiophene rings is 1. The Labute approximate surface area is 153 Å². The molecule has 0 bridgehead atoms. The average Bonchev–Trinajstić information content (AvgIpc) is 3.10. The number of nitrogens with zero attached hydrogens (tertiary/aromatic N) is 1. The average molecular weight is 359 g/mol. The first kappa shape index (κ1) is 19.1. The molecule has 0 saturated carbocycles. The van der Waals surface area contributed by atoms with Crippen LogP contribution in [0.2, 0.25) is 0 Å². The fourth-order valence-electron chi connectivity index (χ4n) is 2.48. The van der Waals surface area contributed by atoms with Crippen molar-refractivity contribution in [3.8, 4) is 0 Å². The summed E-state index contributed by atoms with van der Waals surface area (Å²) in [4.78, 5) is 27.0. The number of likely N-dealkylation sites (N-methyl/N-ethyl adjacent to an activating group) is 1. The topological polar surface area (TPSA) is 61.4 Å². The molecule has 0 saturated heterocycles. The Balaban J connectivity index is 1.92. The summed E-state index contributed by atoms with van der Waals surface area (Å²) in [5, 5.41) is 7.50. The van der Waals surface area contributed by atoms with Crippen LogP contribution in [0.15, 0.2) is 41.8 Å². The zero-order valence-corrected chi connectivity index (χ0v) is 15.9. The zero-order chi connectivity index (χ0) is 18.4. The third kappa shape index (κ3) is 5.41. The second-order valence-electron chi connectivity index (χ2n) is 6.31. The van der Waals surface area contributed by atoms with Gasteiger partial charge in [0.25, 0.3) is 5.91 Å². The number of hydrogen-bond acceptors (Lipinski definition) is 4. The lowest BCUT2D eigenvalue weighted by Gasteiger charge is -2.26. The van der Waals surface area contributed by atoms with Crippen LogP contribution in [-0.2, 0) is 4.79 Å². The molecule has 134 valence electrons. The third-order valence-electron chi connectivity index (χ3n) is 4.04. The van der Waals surface area contributed by atoms with E-state index in [-0.39, 0.29) is 17.9 Å². The minimum absolute atomic E-state index is 0.0738. The van der Waals surface area contributed by atoms with Gasteiger partial charge in [0.05, 0.1) is 10.9 Å². The first-order valence-corrected chi connectivity index (χ1v) is 9.11. The third-order valence-corrected chi connectivity index (χ3v) is 4.91. The fraction of sp³-hybridized carbons (Fsp3) is 0.368. The van der Waals surface area contributed by atoms with Crippen molar-refractivity contribution < 1.29 is 9.59 Å². The maximum atomic E-state index is 12.3. The highest BCUT2D eigenvalue weighted by molar-refractivity contribution is 7.12. The van der Waals surface area contributed by atoms with Crippen LogP contribution in [-0.4, -0.2) is 43.4 Å². The number of benzene rings is 1. The molecule has 25 heavy (non-hydrogen) atoms. The Morgan fingerprint density at radius 1 is 1.16 bits per heavy atom. The van der Waals surface area contributed by atoms with E-state index in [4.69, 9.17) is 0 Å². The van der Waals surface area contributed by atoms with Crippen LogP contribution in [0, 0.1) is 6.92 Å². The van der Waals surface area contributed by atoms with Gasteiger partial charge < -0.3 is 15.5 Å². The smallest absolute Gasteiger partial charge is 0.261 e. The van der Waals surface area contributed by atoms with Gasteiger partial charge in [-0.2, -0.15) is 0 Å². The van der Waals surface area contributed by atoms with Gasteiger partial charge in [0.1, 0.15) is 6.04 Å². The number of hydrogen-bond donors (Lipinski definition) is 2. The summed E-state index contributed by atoms with van der Waals surface area (Å²) in [6.07, 6.45) is 0. The fourth-order valence-corrected chi connectivity index (χ4v) is 3.11. The summed E-state index contributed by atoms with van der Waals surface area (Å²) in [6, 6.07) is 11.3. The number of amides is 2. The van der Waals surface area contributed by atoms with Crippen LogP contribution in [0.4, 0.5) is 0 Å². The monoisotopic (exact) mass is 359 g/mol. The molecule has 0 aliphatic rings. The Morgan fingerprint density at radius 3 is 2.40 bits per heavy atom. The van der Waals surface area contributed by atoms with E-state index in [0.29, 0.717) is 11.4 Å². The molecule has 1 aromatic carbocycles. The van der Waals surface area contributed by atoms with Crippen molar-refractivity contribution in [1.82, 2.24) is 15.5 Å². The van der Waals surface area contributed by atoms with Crippen molar-refractivity contribution in [2.24, 2.45) is 0 Å². The molecule has 2 atom stereocenters.